The number of nitrogens with one attached hydrogen (secondary N) is 1. The van der Waals surface area contributed by atoms with E-state index in [4.69, 9.17) is 4.74 Å². The number of esters is 1. The lowest BCUT2D eigenvalue weighted by atomic mass is 10.2. The SMILES string of the molecule is COC(=O)c1ccccc1NS(=O)(=O)CC1CCCO1. The fourth-order valence-electron chi connectivity index (χ4n) is 2.09. The number of methoxy groups -OCH3 is 1. The Morgan fingerprint density at radius 3 is 2.85 bits per heavy atom. The molecule has 1 unspecified atom stereocenters. The van der Waals surface area contributed by atoms with Crippen LogP contribution in [0.5, 0.6) is 0 Å². The van der Waals surface area contributed by atoms with E-state index in [0.29, 0.717) is 6.61 Å². The van der Waals surface area contributed by atoms with Crippen molar-refractivity contribution in [3.8, 4) is 0 Å². The molecule has 0 aliphatic carbocycles. The average Bonchev–Trinajstić information content (AvgIpc) is 2.90. The fraction of sp³-hybridized carbons (Fsp3) is 0.462. The summed E-state index contributed by atoms with van der Waals surface area (Å²) < 4.78 is 36.5. The van der Waals surface area contributed by atoms with Crippen molar-refractivity contribution in [3.05, 3.63) is 29.8 Å². The molecule has 1 aromatic carbocycles. The molecular formula is C13H17NO5S. The number of carbonyl (C=O) groups is 1. The summed E-state index contributed by atoms with van der Waals surface area (Å²) in [4.78, 5) is 11.6. The summed E-state index contributed by atoms with van der Waals surface area (Å²) in [6.07, 6.45) is 1.33. The summed E-state index contributed by atoms with van der Waals surface area (Å²) >= 11 is 0. The quantitative estimate of drug-likeness (QED) is 0.831. The molecule has 1 aliphatic heterocycles. The largest absolute Gasteiger partial charge is 0.465 e. The lowest BCUT2D eigenvalue weighted by Gasteiger charge is -2.14. The number of carbonyl (C=O) groups excluding carboxylic acids is 1. The van der Waals surface area contributed by atoms with Gasteiger partial charge in [-0.05, 0) is 25.0 Å². The second-order valence-corrected chi connectivity index (χ2v) is 6.32. The van der Waals surface area contributed by atoms with Gasteiger partial charge in [0.1, 0.15) is 0 Å². The zero-order valence-electron chi connectivity index (χ0n) is 11.2. The van der Waals surface area contributed by atoms with Crippen LogP contribution >= 0.6 is 0 Å². The van der Waals surface area contributed by atoms with Crippen molar-refractivity contribution in [2.45, 2.75) is 18.9 Å². The first-order valence-electron chi connectivity index (χ1n) is 6.31. The molecule has 0 saturated carbocycles. The smallest absolute Gasteiger partial charge is 0.339 e. The Hall–Kier alpha value is -1.60. The third-order valence-corrected chi connectivity index (χ3v) is 4.37. The van der Waals surface area contributed by atoms with E-state index in [9.17, 15) is 13.2 Å². The van der Waals surface area contributed by atoms with E-state index < -0.39 is 16.0 Å². The lowest BCUT2D eigenvalue weighted by Crippen LogP contribution is -2.26. The minimum Gasteiger partial charge on any atom is -0.465 e. The van der Waals surface area contributed by atoms with Crippen LogP contribution < -0.4 is 4.72 Å². The van der Waals surface area contributed by atoms with Gasteiger partial charge < -0.3 is 9.47 Å². The summed E-state index contributed by atoms with van der Waals surface area (Å²) in [5.74, 6) is -0.692. The van der Waals surface area contributed by atoms with E-state index in [1.165, 1.54) is 19.2 Å². The van der Waals surface area contributed by atoms with Crippen LogP contribution in [0.25, 0.3) is 0 Å². The van der Waals surface area contributed by atoms with Gasteiger partial charge in [0.25, 0.3) is 0 Å². The molecule has 20 heavy (non-hydrogen) atoms. The Morgan fingerprint density at radius 1 is 1.45 bits per heavy atom. The third kappa shape index (κ3) is 3.71. The van der Waals surface area contributed by atoms with E-state index in [1.807, 2.05) is 0 Å². The molecule has 110 valence electrons. The second-order valence-electron chi connectivity index (χ2n) is 4.56. The highest BCUT2D eigenvalue weighted by Crippen LogP contribution is 2.20. The van der Waals surface area contributed by atoms with Gasteiger partial charge in [0.15, 0.2) is 0 Å². The number of para-hydroxylation sites is 1. The van der Waals surface area contributed by atoms with Gasteiger partial charge in [-0.3, -0.25) is 4.72 Å². The standard InChI is InChI=1S/C13H17NO5S/c1-18-13(15)11-6-2-3-7-12(11)14-20(16,17)9-10-5-4-8-19-10/h2-3,6-7,10,14H,4-5,8-9H2,1H3. The van der Waals surface area contributed by atoms with Crippen LogP contribution in [0, 0.1) is 0 Å². The summed E-state index contributed by atoms with van der Waals surface area (Å²) in [6, 6.07) is 6.33. The number of hydrogen-bond acceptors (Lipinski definition) is 5. The number of hydrogen-bond donors (Lipinski definition) is 1. The van der Waals surface area contributed by atoms with Crippen molar-refractivity contribution in [1.82, 2.24) is 0 Å². The monoisotopic (exact) mass is 299 g/mol. The Balaban J connectivity index is 2.14. The van der Waals surface area contributed by atoms with E-state index >= 15 is 0 Å². The molecule has 0 radical (unpaired) electrons. The van der Waals surface area contributed by atoms with Gasteiger partial charge in [-0.15, -0.1) is 0 Å². The molecule has 1 heterocycles. The van der Waals surface area contributed by atoms with Crippen LogP contribution in [0.2, 0.25) is 0 Å². The molecule has 1 aliphatic rings. The molecule has 0 spiro atoms. The number of anilines is 1. The van der Waals surface area contributed by atoms with E-state index in [0.717, 1.165) is 12.8 Å². The Labute approximate surface area is 118 Å². The van der Waals surface area contributed by atoms with Crippen molar-refractivity contribution >= 4 is 21.7 Å². The maximum atomic E-state index is 12.1. The highest BCUT2D eigenvalue weighted by Gasteiger charge is 2.24. The molecule has 1 atom stereocenters. The topological polar surface area (TPSA) is 81.7 Å². The minimum absolute atomic E-state index is 0.109. The van der Waals surface area contributed by atoms with Crippen molar-refractivity contribution in [2.24, 2.45) is 0 Å². The maximum Gasteiger partial charge on any atom is 0.339 e. The number of benzene rings is 1. The first-order valence-corrected chi connectivity index (χ1v) is 7.96. The molecule has 1 saturated heterocycles. The molecule has 0 bridgehead atoms. The molecule has 2 rings (SSSR count). The Morgan fingerprint density at radius 2 is 2.20 bits per heavy atom. The van der Waals surface area contributed by atoms with Gasteiger partial charge in [0.05, 0.1) is 30.2 Å². The van der Waals surface area contributed by atoms with Gasteiger partial charge in [0, 0.05) is 6.61 Å². The summed E-state index contributed by atoms with van der Waals surface area (Å²) in [6.45, 7) is 0.596. The third-order valence-electron chi connectivity index (χ3n) is 3.03. The van der Waals surface area contributed by atoms with Gasteiger partial charge >= 0.3 is 5.97 Å². The summed E-state index contributed by atoms with van der Waals surface area (Å²) in [5, 5.41) is 0. The normalized spacial score (nSPS) is 18.8. The van der Waals surface area contributed by atoms with Crippen LogP contribution in [-0.2, 0) is 19.5 Å². The van der Waals surface area contributed by atoms with Crippen LogP contribution in [0.15, 0.2) is 24.3 Å². The molecule has 1 fully saturated rings. The molecule has 6 nitrogen and oxygen atoms in total. The Bertz CT molecular complexity index is 578. The molecule has 1 aromatic rings. The van der Waals surface area contributed by atoms with Crippen LogP contribution in [0.3, 0.4) is 0 Å². The fourth-order valence-corrected chi connectivity index (χ4v) is 3.44. The second kappa shape index (κ2) is 6.23. The van der Waals surface area contributed by atoms with E-state index in [-0.39, 0.29) is 23.1 Å². The lowest BCUT2D eigenvalue weighted by molar-refractivity contribution is 0.0602. The van der Waals surface area contributed by atoms with E-state index in [1.54, 1.807) is 12.1 Å². The van der Waals surface area contributed by atoms with Crippen molar-refractivity contribution in [2.75, 3.05) is 24.2 Å². The maximum absolute atomic E-state index is 12.1. The average molecular weight is 299 g/mol. The molecule has 0 amide bonds. The zero-order chi connectivity index (χ0) is 14.6. The summed E-state index contributed by atoms with van der Waals surface area (Å²) in [5.41, 5.74) is 0.406. The first-order chi connectivity index (χ1) is 9.52. The van der Waals surface area contributed by atoms with Crippen LogP contribution in [0.4, 0.5) is 5.69 Å². The molecule has 0 aromatic heterocycles. The van der Waals surface area contributed by atoms with Gasteiger partial charge in [0.2, 0.25) is 10.0 Å². The predicted octanol–water partition coefficient (Wildman–Crippen LogP) is 1.39. The molecular weight excluding hydrogens is 282 g/mol. The highest BCUT2D eigenvalue weighted by molar-refractivity contribution is 7.92. The minimum atomic E-state index is -3.57. The van der Waals surface area contributed by atoms with Gasteiger partial charge in [-0.1, -0.05) is 12.1 Å². The predicted molar refractivity (Wildman–Crippen MR) is 74.2 cm³/mol. The van der Waals surface area contributed by atoms with Crippen molar-refractivity contribution < 1.29 is 22.7 Å². The van der Waals surface area contributed by atoms with Gasteiger partial charge in [-0.25, -0.2) is 13.2 Å². The first kappa shape index (κ1) is 14.8. The Kier molecular flexibility index (Phi) is 4.61. The molecule has 1 N–H and O–H groups in total. The van der Waals surface area contributed by atoms with Crippen LogP contribution in [-0.4, -0.2) is 40.0 Å². The zero-order valence-corrected chi connectivity index (χ0v) is 12.0. The highest BCUT2D eigenvalue weighted by atomic mass is 32.2. The number of ether oxygens (including phenoxy) is 2. The molecule has 7 heteroatoms. The van der Waals surface area contributed by atoms with Crippen molar-refractivity contribution in [3.63, 3.8) is 0 Å². The summed E-state index contributed by atoms with van der Waals surface area (Å²) in [7, 11) is -2.32. The van der Waals surface area contributed by atoms with E-state index in [2.05, 4.69) is 9.46 Å². The number of rotatable bonds is 5. The number of sulfonamides is 1. The van der Waals surface area contributed by atoms with Gasteiger partial charge in [-0.2, -0.15) is 0 Å². The van der Waals surface area contributed by atoms with Crippen LogP contribution in [0.1, 0.15) is 23.2 Å². The van der Waals surface area contributed by atoms with Crippen molar-refractivity contribution in [1.29, 1.82) is 0 Å².